The Bertz CT molecular complexity index is 850. The van der Waals surface area contributed by atoms with Crippen molar-refractivity contribution < 1.29 is 0 Å². The molecule has 2 heterocycles. The number of likely N-dealkylation sites (N-methyl/N-ethyl adjacent to an activating group) is 1. The van der Waals surface area contributed by atoms with Crippen molar-refractivity contribution in [1.29, 1.82) is 0 Å². The normalized spacial score (nSPS) is 15.8. The van der Waals surface area contributed by atoms with Crippen LogP contribution in [0.1, 0.15) is 42.8 Å². The summed E-state index contributed by atoms with van der Waals surface area (Å²) in [6.07, 6.45) is 1.01. The molecule has 0 aliphatic carbocycles. The lowest BCUT2D eigenvalue weighted by atomic mass is 10.1. The van der Waals surface area contributed by atoms with E-state index in [0.717, 1.165) is 63.9 Å². The van der Waals surface area contributed by atoms with Crippen LogP contribution in [-0.4, -0.2) is 71.4 Å². The van der Waals surface area contributed by atoms with Gasteiger partial charge in [-0.1, -0.05) is 31.2 Å². The van der Waals surface area contributed by atoms with Crippen molar-refractivity contribution in [2.45, 2.75) is 53.8 Å². The third kappa shape index (κ3) is 7.35. The summed E-state index contributed by atoms with van der Waals surface area (Å²) in [5.41, 5.74) is 5.00. The second-order valence-electron chi connectivity index (χ2n) is 8.60. The van der Waals surface area contributed by atoms with E-state index in [9.17, 15) is 0 Å². The maximum atomic E-state index is 4.87. The van der Waals surface area contributed by atoms with Gasteiger partial charge in [0.05, 0.1) is 12.2 Å². The van der Waals surface area contributed by atoms with Crippen molar-refractivity contribution >= 4 is 5.96 Å². The summed E-state index contributed by atoms with van der Waals surface area (Å²) in [6, 6.07) is 10.9. The highest BCUT2D eigenvalue weighted by Crippen LogP contribution is 2.14. The van der Waals surface area contributed by atoms with Gasteiger partial charge in [0.25, 0.3) is 0 Å². The number of aromatic nitrogens is 2. The van der Waals surface area contributed by atoms with E-state index >= 15 is 0 Å². The summed E-state index contributed by atoms with van der Waals surface area (Å²) in [5, 5.41) is 11.4. The molecule has 32 heavy (non-hydrogen) atoms. The highest BCUT2D eigenvalue weighted by molar-refractivity contribution is 5.79. The van der Waals surface area contributed by atoms with E-state index in [-0.39, 0.29) is 0 Å². The highest BCUT2D eigenvalue weighted by atomic mass is 15.3. The summed E-state index contributed by atoms with van der Waals surface area (Å²) in [6.45, 7) is 18.6. The van der Waals surface area contributed by atoms with Crippen LogP contribution in [0.25, 0.3) is 0 Å². The maximum Gasteiger partial charge on any atom is 0.191 e. The summed E-state index contributed by atoms with van der Waals surface area (Å²) in [5.74, 6) is 0.882. The SMILES string of the molecule is CCNC(=NCc1ccccc1CN1CCN(CC)CC1)NCCCn1nc(C)cc1C. The van der Waals surface area contributed by atoms with E-state index in [1.54, 1.807) is 0 Å². The molecule has 0 saturated carbocycles. The predicted molar refractivity (Wildman–Crippen MR) is 133 cm³/mol. The Kier molecular flexibility index (Phi) is 9.56. The van der Waals surface area contributed by atoms with E-state index in [0.29, 0.717) is 6.54 Å². The molecule has 176 valence electrons. The smallest absolute Gasteiger partial charge is 0.191 e. The van der Waals surface area contributed by atoms with Gasteiger partial charge in [-0.15, -0.1) is 0 Å². The molecule has 2 aromatic rings. The van der Waals surface area contributed by atoms with Crippen LogP contribution >= 0.6 is 0 Å². The van der Waals surface area contributed by atoms with E-state index in [1.165, 1.54) is 29.9 Å². The number of aliphatic imine (C=N–C) groups is 1. The van der Waals surface area contributed by atoms with E-state index in [4.69, 9.17) is 4.99 Å². The van der Waals surface area contributed by atoms with Crippen molar-refractivity contribution in [3.63, 3.8) is 0 Å². The molecule has 1 aromatic heterocycles. The zero-order valence-corrected chi connectivity index (χ0v) is 20.4. The lowest BCUT2D eigenvalue weighted by Crippen LogP contribution is -2.45. The largest absolute Gasteiger partial charge is 0.357 e. The van der Waals surface area contributed by atoms with Gasteiger partial charge in [0.15, 0.2) is 5.96 Å². The van der Waals surface area contributed by atoms with E-state index in [2.05, 4.69) is 81.3 Å². The van der Waals surface area contributed by atoms with Crippen LogP contribution in [0.15, 0.2) is 35.3 Å². The molecule has 2 N–H and O–H groups in total. The molecule has 1 aromatic carbocycles. The molecule has 0 bridgehead atoms. The summed E-state index contributed by atoms with van der Waals surface area (Å²) < 4.78 is 2.08. The van der Waals surface area contributed by atoms with Gasteiger partial charge in [0.2, 0.25) is 0 Å². The number of nitrogens with one attached hydrogen (secondary N) is 2. The first-order chi connectivity index (χ1) is 15.6. The fraction of sp³-hybridized carbons (Fsp3) is 0.600. The number of nitrogens with zero attached hydrogens (tertiary/aromatic N) is 5. The van der Waals surface area contributed by atoms with Gasteiger partial charge in [0, 0.05) is 58.1 Å². The fourth-order valence-electron chi connectivity index (χ4n) is 4.21. The number of hydrogen-bond donors (Lipinski definition) is 2. The number of piperazine rings is 1. The molecule has 0 spiro atoms. The van der Waals surface area contributed by atoms with Gasteiger partial charge >= 0.3 is 0 Å². The maximum absolute atomic E-state index is 4.87. The average molecular weight is 440 g/mol. The van der Waals surface area contributed by atoms with Crippen LogP contribution in [0.4, 0.5) is 0 Å². The lowest BCUT2D eigenvalue weighted by molar-refractivity contribution is 0.131. The monoisotopic (exact) mass is 439 g/mol. The molecule has 0 amide bonds. The molecule has 1 saturated heterocycles. The second kappa shape index (κ2) is 12.6. The van der Waals surface area contributed by atoms with Crippen LogP contribution in [0.2, 0.25) is 0 Å². The first-order valence-electron chi connectivity index (χ1n) is 12.1. The molecule has 1 aliphatic heterocycles. The predicted octanol–water partition coefficient (Wildman–Crippen LogP) is 2.78. The molecule has 7 heteroatoms. The molecule has 1 aliphatic rings. The minimum Gasteiger partial charge on any atom is -0.357 e. The van der Waals surface area contributed by atoms with Crippen molar-refractivity contribution in [2.24, 2.45) is 4.99 Å². The molecular formula is C25H41N7. The van der Waals surface area contributed by atoms with Crippen molar-refractivity contribution in [1.82, 2.24) is 30.2 Å². The molecule has 0 unspecified atom stereocenters. The van der Waals surface area contributed by atoms with Gasteiger partial charge in [-0.3, -0.25) is 9.58 Å². The van der Waals surface area contributed by atoms with E-state index < -0.39 is 0 Å². The number of rotatable bonds is 10. The number of guanidine groups is 1. The van der Waals surface area contributed by atoms with Crippen molar-refractivity contribution in [3.8, 4) is 0 Å². The Morgan fingerprint density at radius 2 is 1.72 bits per heavy atom. The Morgan fingerprint density at radius 1 is 1.00 bits per heavy atom. The number of aryl methyl sites for hydroxylation is 3. The van der Waals surface area contributed by atoms with E-state index in [1.807, 2.05) is 6.92 Å². The lowest BCUT2D eigenvalue weighted by Gasteiger charge is -2.34. The molecule has 7 nitrogen and oxygen atoms in total. The first kappa shape index (κ1) is 24.3. The highest BCUT2D eigenvalue weighted by Gasteiger charge is 2.16. The quantitative estimate of drug-likeness (QED) is 0.339. The summed E-state index contributed by atoms with van der Waals surface area (Å²) in [7, 11) is 0. The topological polar surface area (TPSA) is 60.7 Å². The van der Waals surface area contributed by atoms with Gasteiger partial charge in [-0.25, -0.2) is 4.99 Å². The van der Waals surface area contributed by atoms with Crippen LogP contribution in [0.5, 0.6) is 0 Å². The van der Waals surface area contributed by atoms with Gasteiger partial charge < -0.3 is 15.5 Å². The standard InChI is InChI=1S/C25H41N7/c1-5-26-25(27-12-9-13-32-22(4)18-21(3)29-32)28-19-23-10-7-8-11-24(23)20-31-16-14-30(6-2)15-17-31/h7-8,10-11,18H,5-6,9,12-17,19-20H2,1-4H3,(H2,26,27,28). The minimum atomic E-state index is 0.692. The van der Waals surface area contributed by atoms with Gasteiger partial charge in [-0.2, -0.15) is 5.10 Å². The summed E-state index contributed by atoms with van der Waals surface area (Å²) in [4.78, 5) is 9.96. The van der Waals surface area contributed by atoms with Crippen LogP contribution < -0.4 is 10.6 Å². The third-order valence-electron chi connectivity index (χ3n) is 6.12. The molecular weight excluding hydrogens is 398 g/mol. The van der Waals surface area contributed by atoms with Crippen LogP contribution in [-0.2, 0) is 19.6 Å². The summed E-state index contributed by atoms with van der Waals surface area (Å²) >= 11 is 0. The second-order valence-corrected chi connectivity index (χ2v) is 8.60. The molecule has 1 fully saturated rings. The third-order valence-corrected chi connectivity index (χ3v) is 6.12. The Hall–Kier alpha value is -2.38. The molecule has 3 rings (SSSR count). The zero-order valence-electron chi connectivity index (χ0n) is 20.4. The fourth-order valence-corrected chi connectivity index (χ4v) is 4.21. The average Bonchev–Trinajstić information content (AvgIpc) is 3.13. The van der Waals surface area contributed by atoms with Gasteiger partial charge in [0.1, 0.15) is 0 Å². The van der Waals surface area contributed by atoms with Crippen molar-refractivity contribution in [2.75, 3.05) is 45.8 Å². The van der Waals surface area contributed by atoms with Crippen LogP contribution in [0.3, 0.4) is 0 Å². The van der Waals surface area contributed by atoms with Crippen molar-refractivity contribution in [3.05, 3.63) is 52.8 Å². The molecule has 0 atom stereocenters. The van der Waals surface area contributed by atoms with Gasteiger partial charge in [-0.05, 0) is 50.9 Å². The Labute approximate surface area is 193 Å². The number of benzene rings is 1. The zero-order chi connectivity index (χ0) is 22.8. The Morgan fingerprint density at radius 3 is 2.38 bits per heavy atom. The molecule has 0 radical (unpaired) electrons. The number of hydrogen-bond acceptors (Lipinski definition) is 4. The Balaban J connectivity index is 1.52. The minimum absolute atomic E-state index is 0.692. The van der Waals surface area contributed by atoms with Crippen LogP contribution in [0, 0.1) is 13.8 Å². The first-order valence-corrected chi connectivity index (χ1v) is 12.1.